The van der Waals surface area contributed by atoms with Gasteiger partial charge in [0, 0.05) is 19.3 Å². The highest BCUT2D eigenvalue weighted by Gasteiger charge is 2.12. The molecule has 0 bridgehead atoms. The molecule has 0 spiro atoms. The second-order valence-corrected chi connectivity index (χ2v) is 4.68. The van der Waals surface area contributed by atoms with Gasteiger partial charge in [0.05, 0.1) is 6.54 Å². The first-order chi connectivity index (χ1) is 8.99. The topological polar surface area (TPSA) is 77.6 Å². The third kappa shape index (κ3) is 2.81. The summed E-state index contributed by atoms with van der Waals surface area (Å²) in [5.74, 6) is 1.32. The van der Waals surface area contributed by atoms with Crippen molar-refractivity contribution in [2.45, 2.75) is 33.4 Å². The van der Waals surface area contributed by atoms with Gasteiger partial charge in [0.25, 0.3) is 5.91 Å². The van der Waals surface area contributed by atoms with Crippen molar-refractivity contribution in [2.75, 3.05) is 0 Å². The van der Waals surface area contributed by atoms with Crippen LogP contribution in [0.25, 0.3) is 0 Å². The summed E-state index contributed by atoms with van der Waals surface area (Å²) in [4.78, 5) is 11.9. The van der Waals surface area contributed by atoms with E-state index in [9.17, 15) is 4.79 Å². The maximum absolute atomic E-state index is 11.9. The first-order valence-electron chi connectivity index (χ1n) is 6.17. The molecule has 0 aromatic carbocycles. The summed E-state index contributed by atoms with van der Waals surface area (Å²) in [5, 5.41) is 14.9. The second-order valence-electron chi connectivity index (χ2n) is 4.68. The molecule has 2 aromatic heterocycles. The molecule has 0 radical (unpaired) electrons. The van der Waals surface area contributed by atoms with Gasteiger partial charge in [-0.2, -0.15) is 5.10 Å². The Kier molecular flexibility index (Phi) is 3.64. The molecular formula is C12H18N6O. The van der Waals surface area contributed by atoms with Crippen molar-refractivity contribution in [3.05, 3.63) is 29.6 Å². The SMILES string of the molecule is Cc1nnc(CNC(=O)c2ccn(C(C)C)n2)n1C. The third-order valence-electron chi connectivity index (χ3n) is 2.96. The normalized spacial score (nSPS) is 11.0. The van der Waals surface area contributed by atoms with Crippen LogP contribution < -0.4 is 5.32 Å². The van der Waals surface area contributed by atoms with E-state index in [0.29, 0.717) is 18.1 Å². The first kappa shape index (κ1) is 13.3. The molecule has 0 fully saturated rings. The van der Waals surface area contributed by atoms with E-state index in [-0.39, 0.29) is 11.9 Å². The lowest BCUT2D eigenvalue weighted by Gasteiger charge is -2.05. The summed E-state index contributed by atoms with van der Waals surface area (Å²) in [7, 11) is 1.87. The van der Waals surface area contributed by atoms with E-state index in [4.69, 9.17) is 0 Å². The first-order valence-corrected chi connectivity index (χ1v) is 6.17. The van der Waals surface area contributed by atoms with Crippen LogP contribution in [0.15, 0.2) is 12.3 Å². The van der Waals surface area contributed by atoms with Crippen LogP contribution in [0.5, 0.6) is 0 Å². The molecule has 19 heavy (non-hydrogen) atoms. The number of aryl methyl sites for hydroxylation is 1. The Morgan fingerprint density at radius 2 is 2.16 bits per heavy atom. The summed E-state index contributed by atoms with van der Waals surface area (Å²) >= 11 is 0. The lowest BCUT2D eigenvalue weighted by molar-refractivity contribution is 0.0943. The average Bonchev–Trinajstić information content (AvgIpc) is 2.97. The monoisotopic (exact) mass is 262 g/mol. The molecule has 0 unspecified atom stereocenters. The van der Waals surface area contributed by atoms with Gasteiger partial charge in [0.2, 0.25) is 0 Å². The van der Waals surface area contributed by atoms with Crippen LogP contribution in [0.2, 0.25) is 0 Å². The van der Waals surface area contributed by atoms with Gasteiger partial charge in [-0.3, -0.25) is 9.48 Å². The molecule has 0 saturated heterocycles. The van der Waals surface area contributed by atoms with Crippen molar-refractivity contribution in [1.29, 1.82) is 0 Å². The average molecular weight is 262 g/mol. The summed E-state index contributed by atoms with van der Waals surface area (Å²) < 4.78 is 3.59. The van der Waals surface area contributed by atoms with Crippen LogP contribution in [0, 0.1) is 6.92 Å². The minimum absolute atomic E-state index is 0.208. The van der Waals surface area contributed by atoms with Crippen molar-refractivity contribution < 1.29 is 4.79 Å². The zero-order valence-corrected chi connectivity index (χ0v) is 11.6. The van der Waals surface area contributed by atoms with E-state index in [0.717, 1.165) is 5.82 Å². The molecule has 7 heteroatoms. The largest absolute Gasteiger partial charge is 0.343 e. The predicted molar refractivity (Wildman–Crippen MR) is 69.5 cm³/mol. The predicted octanol–water partition coefficient (Wildman–Crippen LogP) is 0.831. The van der Waals surface area contributed by atoms with Crippen molar-refractivity contribution in [3.8, 4) is 0 Å². The summed E-state index contributed by atoms with van der Waals surface area (Å²) in [5.41, 5.74) is 0.410. The lowest BCUT2D eigenvalue weighted by Crippen LogP contribution is -2.25. The second kappa shape index (κ2) is 5.21. The van der Waals surface area contributed by atoms with E-state index in [1.807, 2.05) is 32.4 Å². The maximum Gasteiger partial charge on any atom is 0.272 e. The van der Waals surface area contributed by atoms with Crippen LogP contribution in [0.3, 0.4) is 0 Å². The highest BCUT2D eigenvalue weighted by atomic mass is 16.1. The fraction of sp³-hybridized carbons (Fsp3) is 0.500. The Hall–Kier alpha value is -2.18. The molecule has 0 aliphatic rings. The van der Waals surface area contributed by atoms with E-state index < -0.39 is 0 Å². The van der Waals surface area contributed by atoms with E-state index in [2.05, 4.69) is 20.6 Å². The van der Waals surface area contributed by atoms with Crippen LogP contribution in [0.1, 0.15) is 42.0 Å². The molecule has 2 aromatic rings. The van der Waals surface area contributed by atoms with Gasteiger partial charge in [-0.05, 0) is 26.8 Å². The van der Waals surface area contributed by atoms with E-state index >= 15 is 0 Å². The third-order valence-corrected chi connectivity index (χ3v) is 2.96. The van der Waals surface area contributed by atoms with Crippen LogP contribution in [0.4, 0.5) is 0 Å². The number of rotatable bonds is 4. The van der Waals surface area contributed by atoms with Crippen LogP contribution >= 0.6 is 0 Å². The summed E-state index contributed by atoms with van der Waals surface area (Å²) in [6.45, 7) is 6.22. The van der Waals surface area contributed by atoms with Crippen LogP contribution in [-0.4, -0.2) is 30.5 Å². The molecule has 0 aliphatic heterocycles. The molecule has 2 rings (SSSR count). The zero-order valence-electron chi connectivity index (χ0n) is 11.6. The van der Waals surface area contributed by atoms with Gasteiger partial charge in [0.15, 0.2) is 5.82 Å². The lowest BCUT2D eigenvalue weighted by atomic mass is 10.4. The van der Waals surface area contributed by atoms with Gasteiger partial charge >= 0.3 is 0 Å². The fourth-order valence-corrected chi connectivity index (χ4v) is 1.60. The Morgan fingerprint density at radius 1 is 1.42 bits per heavy atom. The van der Waals surface area contributed by atoms with Crippen molar-refractivity contribution >= 4 is 5.91 Å². The Bertz CT molecular complexity index is 583. The number of hydrogen-bond acceptors (Lipinski definition) is 4. The van der Waals surface area contributed by atoms with Gasteiger partial charge < -0.3 is 9.88 Å². The molecule has 1 amide bonds. The Labute approximate surface area is 111 Å². The number of amides is 1. The quantitative estimate of drug-likeness (QED) is 0.885. The van der Waals surface area contributed by atoms with E-state index in [1.54, 1.807) is 16.9 Å². The number of nitrogens with zero attached hydrogens (tertiary/aromatic N) is 5. The molecule has 1 N–H and O–H groups in total. The number of carbonyl (C=O) groups is 1. The zero-order chi connectivity index (χ0) is 14.0. The fourth-order valence-electron chi connectivity index (χ4n) is 1.60. The number of aromatic nitrogens is 5. The highest BCUT2D eigenvalue weighted by molar-refractivity contribution is 5.92. The van der Waals surface area contributed by atoms with Crippen molar-refractivity contribution in [1.82, 2.24) is 29.9 Å². The summed E-state index contributed by atoms with van der Waals surface area (Å²) in [6.07, 6.45) is 1.80. The van der Waals surface area contributed by atoms with Gasteiger partial charge in [-0.25, -0.2) is 0 Å². The summed E-state index contributed by atoms with van der Waals surface area (Å²) in [6, 6.07) is 1.94. The highest BCUT2D eigenvalue weighted by Crippen LogP contribution is 2.04. The number of hydrogen-bond donors (Lipinski definition) is 1. The van der Waals surface area contributed by atoms with Gasteiger partial charge in [-0.15, -0.1) is 10.2 Å². The van der Waals surface area contributed by atoms with Crippen molar-refractivity contribution in [2.24, 2.45) is 7.05 Å². The number of nitrogens with one attached hydrogen (secondary N) is 1. The maximum atomic E-state index is 11.9. The Morgan fingerprint density at radius 3 is 2.68 bits per heavy atom. The standard InChI is InChI=1S/C12H18N6O/c1-8(2)18-6-5-10(16-18)12(19)13-7-11-15-14-9(3)17(11)4/h5-6,8H,7H2,1-4H3,(H,13,19). The molecule has 0 saturated carbocycles. The molecule has 0 aliphatic carbocycles. The smallest absolute Gasteiger partial charge is 0.272 e. The molecule has 102 valence electrons. The van der Waals surface area contributed by atoms with Gasteiger partial charge in [0.1, 0.15) is 11.5 Å². The van der Waals surface area contributed by atoms with Crippen LogP contribution in [-0.2, 0) is 13.6 Å². The molecule has 7 nitrogen and oxygen atoms in total. The van der Waals surface area contributed by atoms with Crippen molar-refractivity contribution in [3.63, 3.8) is 0 Å². The molecular weight excluding hydrogens is 244 g/mol. The minimum Gasteiger partial charge on any atom is -0.343 e. The van der Waals surface area contributed by atoms with E-state index in [1.165, 1.54) is 0 Å². The minimum atomic E-state index is -0.208. The molecule has 2 heterocycles. The molecule has 0 atom stereocenters. The Balaban J connectivity index is 1.99. The number of carbonyl (C=O) groups excluding carboxylic acids is 1. The van der Waals surface area contributed by atoms with Gasteiger partial charge in [-0.1, -0.05) is 0 Å².